The summed E-state index contributed by atoms with van der Waals surface area (Å²) in [6.45, 7) is 1.90. The van der Waals surface area contributed by atoms with Gasteiger partial charge in [0.1, 0.15) is 0 Å². The molecule has 1 fully saturated rings. The third kappa shape index (κ3) is 2.01. The van der Waals surface area contributed by atoms with Gasteiger partial charge in [0.2, 0.25) is 5.91 Å². The number of H-pyrrole nitrogens is 1. The fourth-order valence-corrected chi connectivity index (χ4v) is 2.03. The molecule has 1 aliphatic rings. The summed E-state index contributed by atoms with van der Waals surface area (Å²) >= 11 is 0. The summed E-state index contributed by atoms with van der Waals surface area (Å²) in [6.07, 6.45) is 2.32. The molecule has 1 amide bonds. The summed E-state index contributed by atoms with van der Waals surface area (Å²) < 4.78 is 0. The highest BCUT2D eigenvalue weighted by Gasteiger charge is 2.20. The third-order valence-electron chi connectivity index (χ3n) is 3.10. The first kappa shape index (κ1) is 10.3. The van der Waals surface area contributed by atoms with Crippen LogP contribution in [-0.2, 0) is 4.79 Å². The van der Waals surface area contributed by atoms with Crippen LogP contribution in [-0.4, -0.2) is 29.2 Å². The van der Waals surface area contributed by atoms with Gasteiger partial charge in [0.05, 0.1) is 17.4 Å². The molecule has 3 rings (SSSR count). The molecule has 2 aromatic rings. The molecular formula is C12H14N4O. The lowest BCUT2D eigenvalue weighted by Crippen LogP contribution is -2.43. The van der Waals surface area contributed by atoms with Crippen LogP contribution in [0.15, 0.2) is 24.4 Å². The summed E-state index contributed by atoms with van der Waals surface area (Å²) in [5, 5.41) is 13.9. The minimum atomic E-state index is 0.0743. The van der Waals surface area contributed by atoms with Crippen LogP contribution in [0.1, 0.15) is 6.42 Å². The highest BCUT2D eigenvalue weighted by molar-refractivity contribution is 6.00. The van der Waals surface area contributed by atoms with E-state index in [1.807, 2.05) is 18.2 Å². The molecule has 1 aromatic carbocycles. The quantitative estimate of drug-likeness (QED) is 0.739. The SMILES string of the molecule is O=C(CC1CNC1)Nc1cccc2[nH]ncc12. The molecule has 0 bridgehead atoms. The normalized spacial score (nSPS) is 15.8. The second kappa shape index (κ2) is 4.18. The molecule has 5 nitrogen and oxygen atoms in total. The number of hydrogen-bond donors (Lipinski definition) is 3. The van der Waals surface area contributed by atoms with Crippen molar-refractivity contribution in [1.29, 1.82) is 0 Å². The molecule has 5 heteroatoms. The maximum atomic E-state index is 11.8. The molecule has 3 N–H and O–H groups in total. The van der Waals surface area contributed by atoms with Crippen molar-refractivity contribution in [3.8, 4) is 0 Å². The minimum absolute atomic E-state index is 0.0743. The van der Waals surface area contributed by atoms with Gasteiger partial charge in [0.15, 0.2) is 0 Å². The molecule has 17 heavy (non-hydrogen) atoms. The fraction of sp³-hybridized carbons (Fsp3) is 0.333. The fourth-order valence-electron chi connectivity index (χ4n) is 2.03. The van der Waals surface area contributed by atoms with Gasteiger partial charge in [0, 0.05) is 11.8 Å². The zero-order valence-electron chi connectivity index (χ0n) is 9.36. The Morgan fingerprint density at radius 3 is 3.12 bits per heavy atom. The van der Waals surface area contributed by atoms with Gasteiger partial charge in [0.25, 0.3) is 0 Å². The number of aromatic nitrogens is 2. The molecule has 1 aliphatic heterocycles. The molecule has 1 aromatic heterocycles. The summed E-state index contributed by atoms with van der Waals surface area (Å²) in [6, 6.07) is 5.74. The van der Waals surface area contributed by atoms with Crippen LogP contribution in [0.2, 0.25) is 0 Å². The second-order valence-electron chi connectivity index (χ2n) is 4.41. The Hall–Kier alpha value is -1.88. The van der Waals surface area contributed by atoms with Crippen LogP contribution < -0.4 is 10.6 Å². The average Bonchev–Trinajstić information content (AvgIpc) is 2.73. The van der Waals surface area contributed by atoms with E-state index in [4.69, 9.17) is 0 Å². The van der Waals surface area contributed by atoms with E-state index in [1.165, 1.54) is 0 Å². The number of hydrogen-bond acceptors (Lipinski definition) is 3. The van der Waals surface area contributed by atoms with Crippen LogP contribution in [0.25, 0.3) is 10.9 Å². The van der Waals surface area contributed by atoms with Gasteiger partial charge < -0.3 is 10.6 Å². The smallest absolute Gasteiger partial charge is 0.224 e. The summed E-state index contributed by atoms with van der Waals surface area (Å²) in [7, 11) is 0. The molecule has 0 saturated carbocycles. The molecular weight excluding hydrogens is 216 g/mol. The van der Waals surface area contributed by atoms with Crippen LogP contribution in [0.3, 0.4) is 0 Å². The number of anilines is 1. The number of nitrogens with one attached hydrogen (secondary N) is 3. The topological polar surface area (TPSA) is 69.8 Å². The lowest BCUT2D eigenvalue weighted by Gasteiger charge is -2.26. The zero-order chi connectivity index (χ0) is 11.7. The van der Waals surface area contributed by atoms with Crippen molar-refractivity contribution in [2.45, 2.75) is 6.42 Å². The number of carbonyl (C=O) groups is 1. The number of amides is 1. The van der Waals surface area contributed by atoms with E-state index < -0.39 is 0 Å². The van der Waals surface area contributed by atoms with Gasteiger partial charge >= 0.3 is 0 Å². The predicted octanol–water partition coefficient (Wildman–Crippen LogP) is 1.11. The van der Waals surface area contributed by atoms with E-state index >= 15 is 0 Å². The Labute approximate surface area is 98.6 Å². The second-order valence-corrected chi connectivity index (χ2v) is 4.41. The lowest BCUT2D eigenvalue weighted by atomic mass is 9.99. The number of rotatable bonds is 3. The van der Waals surface area contributed by atoms with E-state index in [0.29, 0.717) is 12.3 Å². The molecule has 0 spiro atoms. The number of benzene rings is 1. The Morgan fingerprint density at radius 2 is 2.35 bits per heavy atom. The van der Waals surface area contributed by atoms with Crippen molar-refractivity contribution in [2.75, 3.05) is 18.4 Å². The number of nitrogens with zero attached hydrogens (tertiary/aromatic N) is 1. The summed E-state index contributed by atoms with van der Waals surface area (Å²) in [5.74, 6) is 0.559. The van der Waals surface area contributed by atoms with Crippen LogP contribution in [0.4, 0.5) is 5.69 Å². The highest BCUT2D eigenvalue weighted by Crippen LogP contribution is 2.21. The molecule has 1 saturated heterocycles. The molecule has 0 atom stereocenters. The maximum absolute atomic E-state index is 11.8. The van der Waals surface area contributed by atoms with E-state index in [9.17, 15) is 4.79 Å². The van der Waals surface area contributed by atoms with Gasteiger partial charge in [-0.2, -0.15) is 5.10 Å². The average molecular weight is 230 g/mol. The van der Waals surface area contributed by atoms with E-state index in [2.05, 4.69) is 20.8 Å². The van der Waals surface area contributed by atoms with E-state index in [1.54, 1.807) is 6.20 Å². The first-order chi connectivity index (χ1) is 8.33. The Balaban J connectivity index is 1.75. The van der Waals surface area contributed by atoms with Gasteiger partial charge in [-0.05, 0) is 31.1 Å². The first-order valence-corrected chi connectivity index (χ1v) is 5.75. The lowest BCUT2D eigenvalue weighted by molar-refractivity contribution is -0.117. The van der Waals surface area contributed by atoms with Crippen molar-refractivity contribution < 1.29 is 4.79 Å². The predicted molar refractivity (Wildman–Crippen MR) is 65.7 cm³/mol. The largest absolute Gasteiger partial charge is 0.325 e. The summed E-state index contributed by atoms with van der Waals surface area (Å²) in [4.78, 5) is 11.8. The minimum Gasteiger partial charge on any atom is -0.325 e. The Kier molecular flexibility index (Phi) is 2.53. The number of carbonyl (C=O) groups excluding carboxylic acids is 1. The highest BCUT2D eigenvalue weighted by atomic mass is 16.1. The van der Waals surface area contributed by atoms with E-state index in [0.717, 1.165) is 29.7 Å². The van der Waals surface area contributed by atoms with Crippen molar-refractivity contribution in [1.82, 2.24) is 15.5 Å². The molecule has 88 valence electrons. The number of fused-ring (bicyclic) bond motifs is 1. The van der Waals surface area contributed by atoms with Crippen molar-refractivity contribution >= 4 is 22.5 Å². The first-order valence-electron chi connectivity index (χ1n) is 5.75. The van der Waals surface area contributed by atoms with Crippen molar-refractivity contribution in [2.24, 2.45) is 5.92 Å². The van der Waals surface area contributed by atoms with Gasteiger partial charge in [-0.15, -0.1) is 0 Å². The number of aromatic amines is 1. The summed E-state index contributed by atoms with van der Waals surface area (Å²) in [5.41, 5.74) is 1.77. The van der Waals surface area contributed by atoms with Crippen molar-refractivity contribution in [3.05, 3.63) is 24.4 Å². The van der Waals surface area contributed by atoms with Crippen LogP contribution in [0.5, 0.6) is 0 Å². The van der Waals surface area contributed by atoms with Crippen LogP contribution >= 0.6 is 0 Å². The van der Waals surface area contributed by atoms with Crippen LogP contribution in [0, 0.1) is 5.92 Å². The van der Waals surface area contributed by atoms with Crippen molar-refractivity contribution in [3.63, 3.8) is 0 Å². The Bertz CT molecular complexity index is 544. The molecule has 0 radical (unpaired) electrons. The van der Waals surface area contributed by atoms with Gasteiger partial charge in [-0.3, -0.25) is 9.89 Å². The van der Waals surface area contributed by atoms with E-state index in [-0.39, 0.29) is 5.91 Å². The maximum Gasteiger partial charge on any atom is 0.224 e. The molecule has 0 aliphatic carbocycles. The molecule has 2 heterocycles. The van der Waals surface area contributed by atoms with Gasteiger partial charge in [-0.1, -0.05) is 6.07 Å². The van der Waals surface area contributed by atoms with Gasteiger partial charge in [-0.25, -0.2) is 0 Å². The zero-order valence-corrected chi connectivity index (χ0v) is 9.36. The third-order valence-corrected chi connectivity index (χ3v) is 3.10. The molecule has 0 unspecified atom stereocenters. The monoisotopic (exact) mass is 230 g/mol. The standard InChI is InChI=1S/C12H14N4O/c17-12(4-8-5-13-6-8)15-10-2-1-3-11-9(10)7-14-16-11/h1-3,7-8,13H,4-6H2,(H,14,16)(H,15,17). The Morgan fingerprint density at radius 1 is 1.47 bits per heavy atom.